The minimum Gasteiger partial charge on any atom is -0.379 e. The van der Waals surface area contributed by atoms with Crippen LogP contribution in [0, 0.1) is 13.8 Å². The molecule has 0 aromatic carbocycles. The normalized spacial score (nSPS) is 16.1. The third-order valence-electron chi connectivity index (χ3n) is 5.11. The zero-order chi connectivity index (χ0) is 19.5. The highest BCUT2D eigenvalue weighted by Crippen LogP contribution is 2.42. The predicted octanol–water partition coefficient (Wildman–Crippen LogP) is 4.50. The quantitative estimate of drug-likeness (QED) is 0.669. The lowest BCUT2D eigenvalue weighted by atomic mass is 9.95. The Morgan fingerprint density at radius 1 is 1.21 bits per heavy atom. The molecule has 0 aliphatic carbocycles. The van der Waals surface area contributed by atoms with Gasteiger partial charge in [-0.15, -0.1) is 22.7 Å². The number of aryl methyl sites for hydroxylation is 1. The minimum absolute atomic E-state index is 0.0482. The smallest absolute Gasteiger partial charge is 0.266 e. The highest BCUT2D eigenvalue weighted by Gasteiger charge is 2.30. The summed E-state index contributed by atoms with van der Waals surface area (Å²) in [5.74, 6) is -0.0482. The van der Waals surface area contributed by atoms with Gasteiger partial charge in [0.15, 0.2) is 0 Å². The van der Waals surface area contributed by atoms with Crippen molar-refractivity contribution in [2.24, 2.45) is 0 Å². The van der Waals surface area contributed by atoms with Gasteiger partial charge in [0.1, 0.15) is 5.00 Å². The number of hydrogen-bond acceptors (Lipinski definition) is 6. The molecule has 3 aromatic rings. The van der Waals surface area contributed by atoms with Crippen LogP contribution in [0.3, 0.4) is 0 Å². The maximum atomic E-state index is 12.7. The molecule has 146 valence electrons. The van der Waals surface area contributed by atoms with Gasteiger partial charge in [-0.2, -0.15) is 0 Å². The molecule has 1 fully saturated rings. The fraction of sp³-hybridized carbons (Fsp3) is 0.333. The average Bonchev–Trinajstić information content (AvgIpc) is 3.35. The Morgan fingerprint density at radius 3 is 2.64 bits per heavy atom. The lowest BCUT2D eigenvalue weighted by molar-refractivity contribution is 0.0240. The highest BCUT2D eigenvalue weighted by atomic mass is 32.1. The SMILES string of the molecule is Cc1sc(NC(=O)c2cccs2)c([C@H](c2ccncc2)N2CCOCC2)c1C. The molecule has 1 saturated heterocycles. The van der Waals surface area contributed by atoms with E-state index in [1.54, 1.807) is 11.3 Å². The molecule has 0 saturated carbocycles. The highest BCUT2D eigenvalue weighted by molar-refractivity contribution is 7.17. The molecule has 1 aliphatic rings. The van der Waals surface area contributed by atoms with Gasteiger partial charge >= 0.3 is 0 Å². The van der Waals surface area contributed by atoms with Crippen LogP contribution in [0.2, 0.25) is 0 Å². The predicted molar refractivity (Wildman–Crippen MR) is 115 cm³/mol. The van der Waals surface area contributed by atoms with Gasteiger partial charge < -0.3 is 10.1 Å². The van der Waals surface area contributed by atoms with E-state index in [0.717, 1.165) is 36.2 Å². The van der Waals surface area contributed by atoms with Crippen LogP contribution in [-0.2, 0) is 4.74 Å². The molecule has 4 heterocycles. The fourth-order valence-electron chi connectivity index (χ4n) is 3.58. The van der Waals surface area contributed by atoms with Crippen molar-refractivity contribution >= 4 is 33.6 Å². The van der Waals surface area contributed by atoms with Gasteiger partial charge in [-0.3, -0.25) is 14.7 Å². The Bertz CT molecular complexity index is 932. The Morgan fingerprint density at radius 2 is 1.96 bits per heavy atom. The number of carbonyl (C=O) groups is 1. The zero-order valence-electron chi connectivity index (χ0n) is 16.0. The van der Waals surface area contributed by atoms with Crippen molar-refractivity contribution in [3.8, 4) is 0 Å². The first-order chi connectivity index (χ1) is 13.6. The van der Waals surface area contributed by atoms with Gasteiger partial charge in [-0.25, -0.2) is 0 Å². The van der Waals surface area contributed by atoms with E-state index in [-0.39, 0.29) is 11.9 Å². The summed E-state index contributed by atoms with van der Waals surface area (Å²) in [6.07, 6.45) is 3.67. The van der Waals surface area contributed by atoms with E-state index >= 15 is 0 Å². The lowest BCUT2D eigenvalue weighted by Gasteiger charge is -2.35. The molecule has 1 aliphatic heterocycles. The summed E-state index contributed by atoms with van der Waals surface area (Å²) in [6, 6.07) is 7.96. The van der Waals surface area contributed by atoms with Crippen LogP contribution in [-0.4, -0.2) is 42.1 Å². The van der Waals surface area contributed by atoms with Gasteiger partial charge in [-0.05, 0) is 48.6 Å². The molecule has 0 unspecified atom stereocenters. The van der Waals surface area contributed by atoms with E-state index in [1.165, 1.54) is 32.9 Å². The summed E-state index contributed by atoms with van der Waals surface area (Å²) in [6.45, 7) is 7.43. The molecule has 1 amide bonds. The first-order valence-electron chi connectivity index (χ1n) is 9.31. The van der Waals surface area contributed by atoms with Crippen molar-refractivity contribution < 1.29 is 9.53 Å². The second kappa shape index (κ2) is 8.53. The number of anilines is 1. The second-order valence-electron chi connectivity index (χ2n) is 6.79. The molecule has 0 bridgehead atoms. The molecule has 28 heavy (non-hydrogen) atoms. The largest absolute Gasteiger partial charge is 0.379 e. The zero-order valence-corrected chi connectivity index (χ0v) is 17.6. The van der Waals surface area contributed by atoms with Crippen LogP contribution >= 0.6 is 22.7 Å². The number of rotatable bonds is 5. The molecule has 5 nitrogen and oxygen atoms in total. The molecule has 3 aromatic heterocycles. The number of hydrogen-bond donors (Lipinski definition) is 1. The third-order valence-corrected chi connectivity index (χ3v) is 7.12. The molecule has 1 N–H and O–H groups in total. The third kappa shape index (κ3) is 3.89. The van der Waals surface area contributed by atoms with Crippen molar-refractivity contribution in [3.63, 3.8) is 0 Å². The van der Waals surface area contributed by atoms with Crippen LogP contribution in [0.15, 0.2) is 42.0 Å². The van der Waals surface area contributed by atoms with E-state index < -0.39 is 0 Å². The molecule has 0 spiro atoms. The maximum Gasteiger partial charge on any atom is 0.266 e. The van der Waals surface area contributed by atoms with Crippen LogP contribution < -0.4 is 5.32 Å². The Kier molecular flexibility index (Phi) is 5.87. The monoisotopic (exact) mass is 413 g/mol. The number of aromatic nitrogens is 1. The summed E-state index contributed by atoms with van der Waals surface area (Å²) >= 11 is 3.11. The Labute approximate surface area is 173 Å². The molecular weight excluding hydrogens is 390 g/mol. The van der Waals surface area contributed by atoms with Crippen LogP contribution in [0.1, 0.15) is 37.3 Å². The number of nitrogens with one attached hydrogen (secondary N) is 1. The van der Waals surface area contributed by atoms with Crippen LogP contribution in [0.5, 0.6) is 0 Å². The summed E-state index contributed by atoms with van der Waals surface area (Å²) in [5.41, 5.74) is 3.60. The standard InChI is InChI=1S/C21H23N3O2S2/c1-14-15(2)28-21(23-20(25)17-4-3-13-27-17)18(14)19(16-5-7-22-8-6-16)24-9-11-26-12-10-24/h3-8,13,19H,9-12H2,1-2H3,(H,23,25)/t19-/m0/s1. The first kappa shape index (κ1) is 19.3. The van der Waals surface area contributed by atoms with E-state index in [2.05, 4.69) is 41.2 Å². The number of ether oxygens (including phenoxy) is 1. The molecule has 4 rings (SSSR count). The maximum absolute atomic E-state index is 12.7. The number of thiophene rings is 2. The second-order valence-corrected chi connectivity index (χ2v) is 8.96. The van der Waals surface area contributed by atoms with E-state index in [4.69, 9.17) is 4.74 Å². The van der Waals surface area contributed by atoms with Gasteiger partial charge in [0, 0.05) is 35.9 Å². The van der Waals surface area contributed by atoms with Crippen LogP contribution in [0.25, 0.3) is 0 Å². The van der Waals surface area contributed by atoms with Gasteiger partial charge in [0.05, 0.1) is 24.1 Å². The van der Waals surface area contributed by atoms with Gasteiger partial charge in [0.2, 0.25) is 0 Å². The van der Waals surface area contributed by atoms with E-state index in [9.17, 15) is 4.79 Å². The average molecular weight is 414 g/mol. The number of nitrogens with zero attached hydrogens (tertiary/aromatic N) is 2. The van der Waals surface area contributed by atoms with Gasteiger partial charge in [0.25, 0.3) is 5.91 Å². The first-order valence-corrected chi connectivity index (χ1v) is 11.0. The fourth-order valence-corrected chi connectivity index (χ4v) is 5.29. The topological polar surface area (TPSA) is 54.5 Å². The van der Waals surface area contributed by atoms with Crippen LogP contribution in [0.4, 0.5) is 5.00 Å². The van der Waals surface area contributed by atoms with Crippen molar-refractivity contribution in [1.29, 1.82) is 0 Å². The molecular formula is C21H23N3O2S2. The summed E-state index contributed by atoms with van der Waals surface area (Å²) < 4.78 is 5.58. The van der Waals surface area contributed by atoms with E-state index in [0.29, 0.717) is 0 Å². The minimum atomic E-state index is -0.0482. The number of amides is 1. The summed E-state index contributed by atoms with van der Waals surface area (Å²) in [4.78, 5) is 21.3. The van der Waals surface area contributed by atoms with E-state index in [1.807, 2.05) is 29.9 Å². The van der Waals surface area contributed by atoms with Crippen molar-refractivity contribution in [1.82, 2.24) is 9.88 Å². The molecule has 1 atom stereocenters. The van der Waals surface area contributed by atoms with Gasteiger partial charge in [-0.1, -0.05) is 6.07 Å². The van der Waals surface area contributed by atoms with Crippen molar-refractivity contribution in [3.05, 3.63) is 68.5 Å². The summed E-state index contributed by atoms with van der Waals surface area (Å²) in [7, 11) is 0. The Balaban J connectivity index is 1.76. The lowest BCUT2D eigenvalue weighted by Crippen LogP contribution is -2.39. The number of pyridine rings is 1. The molecule has 0 radical (unpaired) electrons. The molecule has 7 heteroatoms. The number of morpholine rings is 1. The van der Waals surface area contributed by atoms with Crippen molar-refractivity contribution in [2.45, 2.75) is 19.9 Å². The van der Waals surface area contributed by atoms with Crippen molar-refractivity contribution in [2.75, 3.05) is 31.6 Å². The summed E-state index contributed by atoms with van der Waals surface area (Å²) in [5, 5.41) is 6.04. The number of carbonyl (C=O) groups excluding carboxylic acids is 1. The Hall–Kier alpha value is -2.06.